The maximum atomic E-state index is 11.1. The molecule has 0 aromatic carbocycles. The van der Waals surface area contributed by atoms with Crippen LogP contribution in [0.5, 0.6) is 0 Å². The van der Waals surface area contributed by atoms with Gasteiger partial charge in [0.1, 0.15) is 6.04 Å². The van der Waals surface area contributed by atoms with E-state index in [0.717, 1.165) is 11.8 Å². The number of hydrogen-bond donors (Lipinski definition) is 1. The number of nitrogens with two attached hydrogens (primary N) is 1. The van der Waals surface area contributed by atoms with Gasteiger partial charge in [-0.3, -0.25) is 9.63 Å². The van der Waals surface area contributed by atoms with E-state index in [0.29, 0.717) is 13.2 Å². The fourth-order valence-corrected chi connectivity index (χ4v) is 1.12. The zero-order valence-electron chi connectivity index (χ0n) is 6.12. The Kier molecular flexibility index (Phi) is 3.29. The predicted octanol–water partition coefficient (Wildman–Crippen LogP) is -0.127. The van der Waals surface area contributed by atoms with Crippen LogP contribution < -0.4 is 5.73 Å². The van der Waals surface area contributed by atoms with Crippen molar-refractivity contribution in [2.75, 3.05) is 18.5 Å². The number of carbonyl (C=O) groups excluding carboxylic acids is 1. The van der Waals surface area contributed by atoms with E-state index in [1.54, 1.807) is 0 Å². The maximum absolute atomic E-state index is 11.1. The van der Waals surface area contributed by atoms with Crippen molar-refractivity contribution in [3.8, 4) is 0 Å². The lowest BCUT2D eigenvalue weighted by molar-refractivity contribution is -0.161. The Morgan fingerprint density at radius 1 is 1.82 bits per heavy atom. The maximum Gasteiger partial charge on any atom is 0.265 e. The summed E-state index contributed by atoms with van der Waals surface area (Å²) in [6.45, 7) is 0.943. The van der Waals surface area contributed by atoms with Crippen molar-refractivity contribution in [2.45, 2.75) is 12.5 Å². The molecule has 1 atom stereocenters. The Morgan fingerprint density at radius 3 is 3.00 bits per heavy atom. The van der Waals surface area contributed by atoms with Crippen molar-refractivity contribution in [3.63, 3.8) is 0 Å². The van der Waals surface area contributed by atoms with Crippen LogP contribution in [0.25, 0.3) is 0 Å². The molecule has 1 amide bonds. The molecule has 1 aliphatic heterocycles. The van der Waals surface area contributed by atoms with E-state index in [4.69, 9.17) is 10.6 Å². The second-order valence-electron chi connectivity index (χ2n) is 2.39. The molecule has 0 aromatic heterocycles. The Bertz CT molecular complexity index is 154. The average molecular weight is 223 g/mol. The summed E-state index contributed by atoms with van der Waals surface area (Å²) in [5, 5.41) is 2.21. The zero-order valence-corrected chi connectivity index (χ0v) is 7.71. The van der Waals surface area contributed by atoms with Crippen LogP contribution in [0.2, 0.25) is 0 Å². The third-order valence-corrected chi connectivity index (χ3v) is 2.03. The molecule has 1 unspecified atom stereocenters. The minimum absolute atomic E-state index is 0.106. The molecule has 11 heavy (non-hydrogen) atoms. The third kappa shape index (κ3) is 2.15. The van der Waals surface area contributed by atoms with Crippen molar-refractivity contribution in [1.29, 1.82) is 0 Å². The molecule has 0 radical (unpaired) electrons. The quantitative estimate of drug-likeness (QED) is 0.678. The van der Waals surface area contributed by atoms with Crippen LogP contribution in [-0.2, 0) is 9.63 Å². The number of alkyl halides is 1. The van der Waals surface area contributed by atoms with Gasteiger partial charge in [0.15, 0.2) is 0 Å². The zero-order chi connectivity index (χ0) is 8.27. The SMILES string of the molecule is NC1CON(CCCBr)C1=O. The van der Waals surface area contributed by atoms with Gasteiger partial charge in [0.25, 0.3) is 5.91 Å². The van der Waals surface area contributed by atoms with Crippen molar-refractivity contribution < 1.29 is 9.63 Å². The third-order valence-electron chi connectivity index (χ3n) is 1.47. The first-order valence-corrected chi connectivity index (χ1v) is 4.63. The molecule has 64 valence electrons. The van der Waals surface area contributed by atoms with Crippen molar-refractivity contribution in [2.24, 2.45) is 5.73 Å². The molecule has 1 aliphatic rings. The largest absolute Gasteiger partial charge is 0.318 e. The molecule has 1 saturated heterocycles. The summed E-state index contributed by atoms with van der Waals surface area (Å²) in [6, 6.07) is -0.453. The molecule has 5 heteroatoms. The normalized spacial score (nSPS) is 24.7. The molecule has 0 aromatic rings. The fraction of sp³-hybridized carbons (Fsp3) is 0.833. The van der Waals surface area contributed by atoms with Gasteiger partial charge in [-0.05, 0) is 6.42 Å². The number of hydroxylamine groups is 2. The van der Waals surface area contributed by atoms with Crippen LogP contribution in [0.15, 0.2) is 0 Å². The van der Waals surface area contributed by atoms with Crippen LogP contribution in [0.3, 0.4) is 0 Å². The summed E-state index contributed by atoms with van der Waals surface area (Å²) >= 11 is 3.27. The number of hydrogen-bond acceptors (Lipinski definition) is 3. The number of carbonyl (C=O) groups is 1. The lowest BCUT2D eigenvalue weighted by atomic mass is 10.3. The van der Waals surface area contributed by atoms with E-state index >= 15 is 0 Å². The molecular formula is C6H11BrN2O2. The van der Waals surface area contributed by atoms with Gasteiger partial charge in [0.05, 0.1) is 6.61 Å². The van der Waals surface area contributed by atoms with Gasteiger partial charge in [0, 0.05) is 11.9 Å². The van der Waals surface area contributed by atoms with E-state index in [-0.39, 0.29) is 5.91 Å². The van der Waals surface area contributed by atoms with E-state index in [9.17, 15) is 4.79 Å². The highest BCUT2D eigenvalue weighted by Crippen LogP contribution is 2.06. The number of nitrogens with zero attached hydrogens (tertiary/aromatic N) is 1. The van der Waals surface area contributed by atoms with E-state index in [1.165, 1.54) is 5.06 Å². The monoisotopic (exact) mass is 222 g/mol. The second kappa shape index (κ2) is 4.04. The molecule has 4 nitrogen and oxygen atoms in total. The van der Waals surface area contributed by atoms with Crippen molar-refractivity contribution >= 4 is 21.8 Å². The molecule has 1 fully saturated rings. The summed E-state index contributed by atoms with van der Waals surface area (Å²) < 4.78 is 0. The van der Waals surface area contributed by atoms with Crippen LogP contribution in [0.4, 0.5) is 0 Å². The first-order chi connectivity index (χ1) is 5.25. The van der Waals surface area contributed by atoms with Crippen molar-refractivity contribution in [1.82, 2.24) is 5.06 Å². The first kappa shape index (κ1) is 8.96. The van der Waals surface area contributed by atoms with Gasteiger partial charge >= 0.3 is 0 Å². The Balaban J connectivity index is 2.30. The molecular weight excluding hydrogens is 212 g/mol. The number of rotatable bonds is 3. The van der Waals surface area contributed by atoms with Crippen LogP contribution in [0, 0.1) is 0 Å². The Morgan fingerprint density at radius 2 is 2.55 bits per heavy atom. The molecule has 1 rings (SSSR count). The lowest BCUT2D eigenvalue weighted by Crippen LogP contribution is -2.35. The minimum atomic E-state index is -0.453. The van der Waals surface area contributed by atoms with Gasteiger partial charge in [-0.1, -0.05) is 15.9 Å². The fourth-order valence-electron chi connectivity index (χ4n) is 0.868. The van der Waals surface area contributed by atoms with Crippen LogP contribution in [-0.4, -0.2) is 35.5 Å². The highest BCUT2D eigenvalue weighted by atomic mass is 79.9. The Labute approximate surface area is 73.8 Å². The lowest BCUT2D eigenvalue weighted by Gasteiger charge is -2.12. The van der Waals surface area contributed by atoms with Crippen molar-refractivity contribution in [3.05, 3.63) is 0 Å². The average Bonchev–Trinajstić information content (AvgIpc) is 2.31. The van der Waals surface area contributed by atoms with Gasteiger partial charge in [-0.15, -0.1) is 0 Å². The summed E-state index contributed by atoms with van der Waals surface area (Å²) in [6.07, 6.45) is 0.887. The second-order valence-corrected chi connectivity index (χ2v) is 3.18. The standard InChI is InChI=1S/C6H11BrN2O2/c7-2-1-3-9-6(10)5(8)4-11-9/h5H,1-4,8H2. The molecule has 2 N–H and O–H groups in total. The summed E-state index contributed by atoms with van der Waals surface area (Å²) in [4.78, 5) is 16.1. The molecule has 0 saturated carbocycles. The molecule has 0 spiro atoms. The van der Waals surface area contributed by atoms with Crippen LogP contribution >= 0.6 is 15.9 Å². The topological polar surface area (TPSA) is 55.6 Å². The molecule has 1 heterocycles. The first-order valence-electron chi connectivity index (χ1n) is 3.51. The summed E-state index contributed by atoms with van der Waals surface area (Å²) in [7, 11) is 0. The summed E-state index contributed by atoms with van der Waals surface area (Å²) in [5.74, 6) is -0.106. The minimum Gasteiger partial charge on any atom is -0.318 e. The molecule has 0 aliphatic carbocycles. The number of amides is 1. The van der Waals surface area contributed by atoms with E-state index in [1.807, 2.05) is 0 Å². The van der Waals surface area contributed by atoms with E-state index in [2.05, 4.69) is 15.9 Å². The molecule has 0 bridgehead atoms. The van der Waals surface area contributed by atoms with E-state index < -0.39 is 6.04 Å². The van der Waals surface area contributed by atoms with Gasteiger partial charge < -0.3 is 5.73 Å². The van der Waals surface area contributed by atoms with Gasteiger partial charge in [0.2, 0.25) is 0 Å². The predicted molar refractivity (Wildman–Crippen MR) is 44.1 cm³/mol. The Hall–Kier alpha value is -0.130. The highest BCUT2D eigenvalue weighted by Gasteiger charge is 2.29. The summed E-state index contributed by atoms with van der Waals surface area (Å²) in [5.41, 5.74) is 5.41. The van der Waals surface area contributed by atoms with Gasteiger partial charge in [-0.25, -0.2) is 5.06 Å². The smallest absolute Gasteiger partial charge is 0.265 e. The van der Waals surface area contributed by atoms with Crippen LogP contribution in [0.1, 0.15) is 6.42 Å². The van der Waals surface area contributed by atoms with Gasteiger partial charge in [-0.2, -0.15) is 0 Å². The highest BCUT2D eigenvalue weighted by molar-refractivity contribution is 9.09. The number of halogens is 1.